The molecule has 0 radical (unpaired) electrons. The van der Waals surface area contributed by atoms with Crippen molar-refractivity contribution in [2.45, 2.75) is 46.1 Å². The molecule has 1 heterocycles. The monoisotopic (exact) mass is 555 g/mol. The first-order valence-corrected chi connectivity index (χ1v) is 12.6. The molecular weight excluding hydrogens is 526 g/mol. The van der Waals surface area contributed by atoms with E-state index in [9.17, 15) is 9.59 Å². The van der Waals surface area contributed by atoms with Crippen molar-refractivity contribution in [3.05, 3.63) is 80.9 Å². The second-order valence-electron chi connectivity index (χ2n) is 9.60. The molecule has 190 valence electrons. The van der Waals surface area contributed by atoms with E-state index in [2.05, 4.69) is 15.9 Å². The van der Waals surface area contributed by atoms with Gasteiger partial charge in [-0.25, -0.2) is 4.79 Å². The maximum atomic E-state index is 13.4. The Balaban J connectivity index is 1.80. The first-order chi connectivity index (χ1) is 17.1. The lowest BCUT2D eigenvalue weighted by Gasteiger charge is -2.38. The van der Waals surface area contributed by atoms with Crippen LogP contribution in [0, 0.1) is 5.41 Å². The maximum Gasteiger partial charge on any atom is 0.340 e. The molecule has 4 rings (SSSR count). The van der Waals surface area contributed by atoms with E-state index in [-0.39, 0.29) is 35.9 Å². The van der Waals surface area contributed by atoms with Crippen LogP contribution in [0.15, 0.2) is 69.7 Å². The van der Waals surface area contributed by atoms with Crippen LogP contribution in [0.5, 0.6) is 11.5 Å². The normalized spacial score (nSPS) is 18.9. The number of halogens is 1. The van der Waals surface area contributed by atoms with E-state index >= 15 is 0 Å². The number of hydrogen-bond acceptors (Lipinski definition) is 7. The Labute approximate surface area is 219 Å². The van der Waals surface area contributed by atoms with E-state index in [0.29, 0.717) is 41.2 Å². The fourth-order valence-electron chi connectivity index (χ4n) is 4.73. The lowest BCUT2D eigenvalue weighted by molar-refractivity contribution is -0.139. The Bertz CT molecular complexity index is 1260. The Morgan fingerprint density at radius 3 is 2.61 bits per heavy atom. The Hall–Kier alpha value is -3.26. The summed E-state index contributed by atoms with van der Waals surface area (Å²) in [5.74, 6) is 0.385. The highest BCUT2D eigenvalue weighted by Crippen LogP contribution is 2.48. The van der Waals surface area contributed by atoms with Gasteiger partial charge in [0.05, 0.1) is 24.1 Å². The van der Waals surface area contributed by atoms with Crippen LogP contribution in [-0.2, 0) is 25.7 Å². The molecule has 1 aliphatic carbocycles. The van der Waals surface area contributed by atoms with Crippen LogP contribution in [0.2, 0.25) is 0 Å². The van der Waals surface area contributed by atoms with Crippen molar-refractivity contribution < 1.29 is 28.5 Å². The summed E-state index contributed by atoms with van der Waals surface area (Å²) in [5.41, 5.74) is 8.05. The molecule has 2 aliphatic rings. The second kappa shape index (κ2) is 10.4. The molecule has 1 atom stereocenters. The van der Waals surface area contributed by atoms with Gasteiger partial charge < -0.3 is 24.7 Å². The van der Waals surface area contributed by atoms with Gasteiger partial charge in [-0.05, 0) is 58.1 Å². The van der Waals surface area contributed by atoms with Gasteiger partial charge in [0.15, 0.2) is 5.78 Å². The van der Waals surface area contributed by atoms with Crippen molar-refractivity contribution in [2.24, 2.45) is 11.1 Å². The maximum absolute atomic E-state index is 13.4. The minimum absolute atomic E-state index is 0.0375. The number of methoxy groups -OCH3 is 1. The Morgan fingerprint density at radius 2 is 1.92 bits per heavy atom. The van der Waals surface area contributed by atoms with Crippen LogP contribution < -0.4 is 15.2 Å². The molecule has 0 aromatic heterocycles. The molecule has 0 unspecified atom stereocenters. The highest BCUT2D eigenvalue weighted by atomic mass is 79.9. The van der Waals surface area contributed by atoms with Gasteiger partial charge in [-0.3, -0.25) is 4.79 Å². The Kier molecular flexibility index (Phi) is 7.45. The standard InChI is InChI=1S/C28H30BrNO6/c1-5-34-27(32)25-23(24-19(31)13-28(2,3)14-22(24)36-26(25)30)16-10-11-20(33-4)17(12-16)15-35-21-9-7-6-8-18(21)29/h6-12,23H,5,13-15,30H2,1-4H3/t23-/m1/s1. The van der Waals surface area contributed by atoms with Crippen molar-refractivity contribution in [3.8, 4) is 11.5 Å². The summed E-state index contributed by atoms with van der Waals surface area (Å²) in [7, 11) is 1.58. The van der Waals surface area contributed by atoms with Crippen LogP contribution in [0.25, 0.3) is 0 Å². The largest absolute Gasteiger partial charge is 0.496 e. The first-order valence-electron chi connectivity index (χ1n) is 11.8. The number of benzene rings is 2. The number of Topliss-reactive ketones (excluding diaryl/α,β-unsaturated/α-hetero) is 1. The lowest BCUT2D eigenvalue weighted by atomic mass is 9.70. The SMILES string of the molecule is CCOC(=O)C1=C(N)OC2=C(C(=O)CC(C)(C)C2)[C@H]1c1ccc(OC)c(COc2ccccc2Br)c1. The molecule has 1 aliphatic heterocycles. The Morgan fingerprint density at radius 1 is 1.17 bits per heavy atom. The third-order valence-electron chi connectivity index (χ3n) is 6.31. The van der Waals surface area contributed by atoms with E-state index < -0.39 is 11.9 Å². The summed E-state index contributed by atoms with van der Waals surface area (Å²) in [4.78, 5) is 26.4. The van der Waals surface area contributed by atoms with Gasteiger partial charge in [-0.2, -0.15) is 0 Å². The number of para-hydroxylation sites is 1. The summed E-state index contributed by atoms with van der Waals surface area (Å²) >= 11 is 3.50. The molecule has 36 heavy (non-hydrogen) atoms. The number of rotatable bonds is 7. The highest BCUT2D eigenvalue weighted by molar-refractivity contribution is 9.10. The first kappa shape index (κ1) is 25.8. The quantitative estimate of drug-likeness (QED) is 0.448. The van der Waals surface area contributed by atoms with Crippen molar-refractivity contribution in [2.75, 3.05) is 13.7 Å². The van der Waals surface area contributed by atoms with Crippen molar-refractivity contribution in [3.63, 3.8) is 0 Å². The van der Waals surface area contributed by atoms with Crippen molar-refractivity contribution >= 4 is 27.7 Å². The van der Waals surface area contributed by atoms with Crippen LogP contribution in [0.4, 0.5) is 0 Å². The zero-order valence-corrected chi connectivity index (χ0v) is 22.4. The fourth-order valence-corrected chi connectivity index (χ4v) is 5.13. The highest BCUT2D eigenvalue weighted by Gasteiger charge is 2.45. The van der Waals surface area contributed by atoms with Gasteiger partial charge in [-0.1, -0.05) is 32.0 Å². The predicted octanol–water partition coefficient (Wildman–Crippen LogP) is 5.53. The van der Waals surface area contributed by atoms with Gasteiger partial charge in [0, 0.05) is 24.0 Å². The molecule has 2 aromatic rings. The topological polar surface area (TPSA) is 97.1 Å². The minimum atomic E-state index is -0.718. The van der Waals surface area contributed by atoms with Crippen LogP contribution >= 0.6 is 15.9 Å². The van der Waals surface area contributed by atoms with E-state index in [0.717, 1.165) is 10.0 Å². The number of hydrogen-bond donors (Lipinski definition) is 1. The number of ketones is 1. The number of ether oxygens (including phenoxy) is 4. The fraction of sp³-hybridized carbons (Fsp3) is 0.357. The number of allylic oxidation sites excluding steroid dienone is 2. The van der Waals surface area contributed by atoms with Crippen LogP contribution in [-0.4, -0.2) is 25.5 Å². The third kappa shape index (κ3) is 5.14. The summed E-state index contributed by atoms with van der Waals surface area (Å²) < 4.78 is 23.6. The molecule has 0 fully saturated rings. The smallest absolute Gasteiger partial charge is 0.340 e. The van der Waals surface area contributed by atoms with Gasteiger partial charge in [0.1, 0.15) is 29.4 Å². The zero-order chi connectivity index (χ0) is 26.0. The molecule has 0 bridgehead atoms. The summed E-state index contributed by atoms with van der Waals surface area (Å²) in [6, 6.07) is 13.1. The summed E-state index contributed by atoms with van der Waals surface area (Å²) in [5, 5.41) is 0. The van der Waals surface area contributed by atoms with Crippen LogP contribution in [0.3, 0.4) is 0 Å². The average molecular weight is 556 g/mol. The van der Waals surface area contributed by atoms with Gasteiger partial charge in [0.25, 0.3) is 0 Å². The number of esters is 1. The molecule has 8 heteroatoms. The van der Waals surface area contributed by atoms with Gasteiger partial charge in [-0.15, -0.1) is 0 Å². The van der Waals surface area contributed by atoms with E-state index in [1.54, 1.807) is 20.1 Å². The van der Waals surface area contributed by atoms with Crippen molar-refractivity contribution in [1.29, 1.82) is 0 Å². The summed E-state index contributed by atoms with van der Waals surface area (Å²) in [6.07, 6.45) is 0.880. The molecule has 2 N–H and O–H groups in total. The molecule has 0 saturated carbocycles. The van der Waals surface area contributed by atoms with E-state index in [1.165, 1.54) is 0 Å². The minimum Gasteiger partial charge on any atom is -0.496 e. The van der Waals surface area contributed by atoms with Crippen molar-refractivity contribution in [1.82, 2.24) is 0 Å². The van der Waals surface area contributed by atoms with Gasteiger partial charge >= 0.3 is 5.97 Å². The molecule has 0 saturated heterocycles. The van der Waals surface area contributed by atoms with Crippen LogP contribution in [0.1, 0.15) is 50.7 Å². The second-order valence-corrected chi connectivity index (χ2v) is 10.5. The summed E-state index contributed by atoms with van der Waals surface area (Å²) in [6.45, 7) is 6.13. The average Bonchev–Trinajstić information content (AvgIpc) is 2.81. The number of carbonyl (C=O) groups excluding carboxylic acids is 2. The zero-order valence-electron chi connectivity index (χ0n) is 20.9. The molecular formula is C28H30BrNO6. The predicted molar refractivity (Wildman–Crippen MR) is 138 cm³/mol. The van der Waals surface area contributed by atoms with E-state index in [4.69, 9.17) is 24.7 Å². The van der Waals surface area contributed by atoms with E-state index in [1.807, 2.05) is 50.2 Å². The lowest BCUT2D eigenvalue weighted by Crippen LogP contribution is -2.35. The molecule has 0 spiro atoms. The third-order valence-corrected chi connectivity index (χ3v) is 6.96. The molecule has 7 nitrogen and oxygen atoms in total. The number of carbonyl (C=O) groups is 2. The number of nitrogens with two attached hydrogens (primary N) is 1. The molecule has 2 aromatic carbocycles. The van der Waals surface area contributed by atoms with Gasteiger partial charge in [0.2, 0.25) is 5.88 Å². The molecule has 0 amide bonds.